The van der Waals surface area contributed by atoms with Crippen LogP contribution in [0.2, 0.25) is 0 Å². The van der Waals surface area contributed by atoms with E-state index in [0.29, 0.717) is 24.7 Å². The second-order valence-corrected chi connectivity index (χ2v) is 13.8. The lowest BCUT2D eigenvalue weighted by Gasteiger charge is -2.54. The van der Waals surface area contributed by atoms with Crippen LogP contribution < -0.4 is 4.90 Å². The number of carbonyl (C=O) groups is 2. The van der Waals surface area contributed by atoms with Gasteiger partial charge in [0.1, 0.15) is 11.4 Å². The monoisotopic (exact) mass is 659 g/mol. The van der Waals surface area contributed by atoms with Crippen molar-refractivity contribution in [2.45, 2.75) is 71.3 Å². The number of para-hydroxylation sites is 1. The van der Waals surface area contributed by atoms with Gasteiger partial charge in [0.25, 0.3) is 0 Å². The maximum Gasteiger partial charge on any atom is 0.231 e. The lowest BCUT2D eigenvalue weighted by atomic mass is 9.50. The topological polar surface area (TPSA) is 123 Å². The van der Waals surface area contributed by atoms with E-state index in [1.54, 1.807) is 0 Å². The van der Waals surface area contributed by atoms with Crippen LogP contribution in [0.3, 0.4) is 0 Å². The number of piperazine rings is 1. The first kappa shape index (κ1) is 35.3. The summed E-state index contributed by atoms with van der Waals surface area (Å²) in [7, 11) is 0. The minimum absolute atomic E-state index is 0. The van der Waals surface area contributed by atoms with E-state index < -0.39 is 11.0 Å². The molecular weight excluding hydrogens is 613 g/mol. The molecule has 1 aromatic carbocycles. The maximum absolute atomic E-state index is 14.0. The third-order valence-corrected chi connectivity index (χ3v) is 11.8. The van der Waals surface area contributed by atoms with E-state index in [1.807, 2.05) is 31.2 Å². The Kier molecular flexibility index (Phi) is 10.1. The Morgan fingerprint density at radius 3 is 2.42 bits per heavy atom. The number of aryl methyl sites for hydroxylation is 1. The van der Waals surface area contributed by atoms with Crippen LogP contribution in [-0.2, 0) is 9.59 Å². The number of carbonyl (C=O) groups excluding carboxylic acids is 2. The van der Waals surface area contributed by atoms with E-state index in [1.165, 1.54) is 11.1 Å². The third-order valence-electron chi connectivity index (χ3n) is 11.8. The van der Waals surface area contributed by atoms with Crippen molar-refractivity contribution in [3.8, 4) is 5.69 Å². The minimum Gasteiger partial charge on any atom is -0.412 e. The predicted octanol–water partition coefficient (Wildman–Crippen LogP) is 4.47. The van der Waals surface area contributed by atoms with E-state index in [-0.39, 0.29) is 53.8 Å². The van der Waals surface area contributed by atoms with Crippen LogP contribution in [0.4, 0.5) is 5.95 Å². The summed E-state index contributed by atoms with van der Waals surface area (Å²) in [5, 5.41) is 21.0. The Balaban J connectivity index is 0.00000154. The predicted molar refractivity (Wildman–Crippen MR) is 180 cm³/mol. The van der Waals surface area contributed by atoms with Gasteiger partial charge >= 0.3 is 0 Å². The molecule has 4 aliphatic carbocycles. The van der Waals surface area contributed by atoms with Crippen molar-refractivity contribution < 1.29 is 20.2 Å². The van der Waals surface area contributed by atoms with Crippen LogP contribution in [0.25, 0.3) is 5.69 Å². The van der Waals surface area contributed by atoms with Gasteiger partial charge in [-0.05, 0) is 75.5 Å². The first-order chi connectivity index (χ1) is 20.1. The number of aliphatic hydroxyl groups is 1. The van der Waals surface area contributed by atoms with Crippen molar-refractivity contribution in [2.75, 3.05) is 37.6 Å². The van der Waals surface area contributed by atoms with Gasteiger partial charge < -0.3 is 15.5 Å². The summed E-state index contributed by atoms with van der Waals surface area (Å²) in [6.45, 7) is 9.72. The Labute approximate surface area is 278 Å². The van der Waals surface area contributed by atoms with Crippen molar-refractivity contribution in [3.63, 3.8) is 0 Å². The number of aromatic nitrogens is 3. The molecule has 9 nitrogen and oxygen atoms in total. The Hall–Kier alpha value is -2.56. The number of benzene rings is 1. The Morgan fingerprint density at radius 2 is 1.71 bits per heavy atom. The first-order valence-electron chi connectivity index (χ1n) is 15.8. The van der Waals surface area contributed by atoms with Gasteiger partial charge in [-0.1, -0.05) is 49.3 Å². The van der Waals surface area contributed by atoms with Gasteiger partial charge in [0.2, 0.25) is 5.95 Å². The minimum atomic E-state index is -1.30. The van der Waals surface area contributed by atoms with E-state index in [9.17, 15) is 14.7 Å². The molecule has 2 heterocycles. The summed E-state index contributed by atoms with van der Waals surface area (Å²) in [4.78, 5) is 30.6. The molecule has 3 N–H and O–H groups in total. The first-order valence-corrected chi connectivity index (χ1v) is 15.8. The van der Waals surface area contributed by atoms with Gasteiger partial charge in [-0.25, -0.2) is 0 Å². The molecule has 0 radical (unpaired) electrons. The SMILES string of the molecule is Cc1nnc(N2CCN(CC(=O)[C@@]3(O)CC[C@H]4[C@@H]5CCC6=CC(=O)CC[C@]6(C)C5=CC[C@@]43C)CC2)n1-c1ccccc1.Cl.Cl.O. The molecule has 0 spiro atoms. The molecule has 45 heavy (non-hydrogen) atoms. The van der Waals surface area contributed by atoms with Crippen molar-refractivity contribution in [1.82, 2.24) is 19.7 Å². The molecule has 2 aromatic rings. The van der Waals surface area contributed by atoms with Gasteiger partial charge in [-0.3, -0.25) is 19.1 Å². The molecule has 1 aromatic heterocycles. The molecule has 0 unspecified atom stereocenters. The second-order valence-electron chi connectivity index (χ2n) is 13.8. The molecule has 11 heteroatoms. The molecule has 1 saturated heterocycles. The quantitative estimate of drug-likeness (QED) is 0.470. The Bertz CT molecular complexity index is 1490. The summed E-state index contributed by atoms with van der Waals surface area (Å²) >= 11 is 0. The number of nitrogens with zero attached hydrogens (tertiary/aromatic N) is 5. The van der Waals surface area contributed by atoms with E-state index in [4.69, 9.17) is 0 Å². The number of ketones is 2. The lowest BCUT2D eigenvalue weighted by molar-refractivity contribution is -0.154. The average molecular weight is 661 g/mol. The number of halogens is 2. The number of anilines is 1. The molecule has 1 aliphatic heterocycles. The summed E-state index contributed by atoms with van der Waals surface area (Å²) in [6.07, 6.45) is 9.90. The highest BCUT2D eigenvalue weighted by atomic mass is 35.5. The summed E-state index contributed by atoms with van der Waals surface area (Å²) in [5.41, 5.74) is 2.02. The number of rotatable bonds is 5. The highest BCUT2D eigenvalue weighted by Crippen LogP contribution is 2.65. The number of allylic oxidation sites excluding steroid dienone is 4. The zero-order valence-corrected chi connectivity index (χ0v) is 28.1. The average Bonchev–Trinajstić information content (AvgIpc) is 3.51. The van der Waals surface area contributed by atoms with Gasteiger partial charge in [0.15, 0.2) is 11.6 Å². The molecule has 5 aliphatic rings. The standard InChI is InChI=1S/C34H43N5O3.2ClH.H2O/c1-23-35-36-31(39(23)25-7-5-4-6-8-25)38-19-17-37(18-20-38)22-30(41)34(42)16-13-29-27-10-9-24-21-26(40)11-14-32(24,2)28(27)12-15-33(29,34)3;;;/h4-8,12,21,27,29,42H,9-11,13-20,22H2,1-3H3;2*1H;1H2/t27-,29+,32+,33+,34+;;;/m1.../s1. The van der Waals surface area contributed by atoms with Crippen molar-refractivity contribution in [3.05, 3.63) is 59.5 Å². The van der Waals surface area contributed by atoms with E-state index >= 15 is 0 Å². The Morgan fingerprint density at radius 1 is 1.00 bits per heavy atom. The molecular formula is C34H47Cl2N5O4. The summed E-state index contributed by atoms with van der Waals surface area (Å²) in [6, 6.07) is 10.2. The van der Waals surface area contributed by atoms with Crippen LogP contribution >= 0.6 is 24.8 Å². The number of hydrogen-bond acceptors (Lipinski definition) is 7. The highest BCUT2D eigenvalue weighted by Gasteiger charge is 2.64. The highest BCUT2D eigenvalue weighted by molar-refractivity contribution is 5.92. The third kappa shape index (κ3) is 5.48. The van der Waals surface area contributed by atoms with Crippen LogP contribution in [-0.4, -0.2) is 80.1 Å². The zero-order chi connectivity index (χ0) is 29.3. The molecule has 246 valence electrons. The molecule has 0 bridgehead atoms. The lowest BCUT2D eigenvalue weighted by Crippen LogP contribution is -2.58. The van der Waals surface area contributed by atoms with Crippen molar-refractivity contribution in [1.29, 1.82) is 0 Å². The smallest absolute Gasteiger partial charge is 0.231 e. The molecule has 3 fully saturated rings. The zero-order valence-electron chi connectivity index (χ0n) is 26.5. The largest absolute Gasteiger partial charge is 0.412 e. The van der Waals surface area contributed by atoms with Crippen molar-refractivity contribution >= 4 is 42.3 Å². The number of Topliss-reactive ketones (excluding diaryl/α,β-unsaturated/α-hetero) is 1. The van der Waals surface area contributed by atoms with Gasteiger partial charge in [0, 0.05) is 43.4 Å². The van der Waals surface area contributed by atoms with E-state index in [0.717, 1.165) is 75.7 Å². The fraction of sp³-hybridized carbons (Fsp3) is 0.588. The normalized spacial score (nSPS) is 32.4. The van der Waals surface area contributed by atoms with Crippen LogP contribution in [0.15, 0.2) is 53.6 Å². The maximum atomic E-state index is 14.0. The van der Waals surface area contributed by atoms with E-state index in [2.05, 4.69) is 56.6 Å². The molecule has 7 rings (SSSR count). The van der Waals surface area contributed by atoms with Crippen molar-refractivity contribution in [2.24, 2.45) is 22.7 Å². The summed E-state index contributed by atoms with van der Waals surface area (Å²) < 4.78 is 2.09. The fourth-order valence-corrected chi connectivity index (χ4v) is 9.20. The number of fused-ring (bicyclic) bond motifs is 5. The van der Waals surface area contributed by atoms with Crippen LogP contribution in [0, 0.1) is 29.6 Å². The van der Waals surface area contributed by atoms with Gasteiger partial charge in [-0.2, -0.15) is 0 Å². The molecule has 0 amide bonds. The molecule has 2 saturated carbocycles. The van der Waals surface area contributed by atoms with Gasteiger partial charge in [-0.15, -0.1) is 35.0 Å². The number of hydrogen-bond donors (Lipinski definition) is 1. The van der Waals surface area contributed by atoms with Crippen LogP contribution in [0.1, 0.15) is 64.6 Å². The molecule has 5 atom stereocenters. The fourth-order valence-electron chi connectivity index (χ4n) is 9.20. The second kappa shape index (κ2) is 12.9. The summed E-state index contributed by atoms with van der Waals surface area (Å²) in [5.74, 6) is 2.60. The van der Waals surface area contributed by atoms with Crippen LogP contribution in [0.5, 0.6) is 0 Å². The van der Waals surface area contributed by atoms with Gasteiger partial charge in [0.05, 0.1) is 12.2 Å².